The van der Waals surface area contributed by atoms with Crippen LogP contribution in [0.15, 0.2) is 24.5 Å². The number of hydrogen-bond acceptors (Lipinski definition) is 7. The molecule has 0 bridgehead atoms. The quantitative estimate of drug-likeness (QED) is 0.672. The third-order valence-electron chi connectivity index (χ3n) is 6.35. The summed E-state index contributed by atoms with van der Waals surface area (Å²) in [6, 6.07) is 4.43. The second kappa shape index (κ2) is 7.30. The van der Waals surface area contributed by atoms with Crippen LogP contribution >= 0.6 is 0 Å². The van der Waals surface area contributed by atoms with E-state index in [2.05, 4.69) is 70.8 Å². The van der Waals surface area contributed by atoms with Gasteiger partial charge in [-0.25, -0.2) is 19.9 Å². The summed E-state index contributed by atoms with van der Waals surface area (Å²) < 4.78 is 2.32. The van der Waals surface area contributed by atoms with Gasteiger partial charge in [0.25, 0.3) is 0 Å². The summed E-state index contributed by atoms with van der Waals surface area (Å²) in [5.41, 5.74) is 5.18. The van der Waals surface area contributed by atoms with Crippen LogP contribution in [0.1, 0.15) is 50.8 Å². The lowest BCUT2D eigenvalue weighted by molar-refractivity contribution is 0.504. The zero-order chi connectivity index (χ0) is 21.8. The average Bonchev–Trinajstić information content (AvgIpc) is 3.21. The molecule has 2 N–H and O–H groups in total. The fraction of sp³-hybridized carbons (Fsp3) is 0.478. The van der Waals surface area contributed by atoms with Crippen molar-refractivity contribution in [3.8, 4) is 11.4 Å². The SMILES string of the molecule is Cc1nc2c(n1C(C)C)C(C)(C)c1cnc(Nc3ccc(N4CCNCC4)cn3)nc1-2. The predicted molar refractivity (Wildman–Crippen MR) is 123 cm³/mol. The molecule has 0 aromatic carbocycles. The minimum Gasteiger partial charge on any atom is -0.368 e. The first-order valence-corrected chi connectivity index (χ1v) is 11.0. The van der Waals surface area contributed by atoms with E-state index in [0.717, 1.165) is 60.5 Å². The molecule has 8 heteroatoms. The van der Waals surface area contributed by atoms with Crippen molar-refractivity contribution >= 4 is 17.5 Å². The van der Waals surface area contributed by atoms with Crippen molar-refractivity contribution in [2.45, 2.75) is 46.1 Å². The number of aryl methyl sites for hydroxylation is 1. The van der Waals surface area contributed by atoms with E-state index in [0.29, 0.717) is 12.0 Å². The van der Waals surface area contributed by atoms with Gasteiger partial charge in [-0.2, -0.15) is 0 Å². The first-order chi connectivity index (χ1) is 14.9. The first-order valence-electron chi connectivity index (χ1n) is 11.0. The molecule has 162 valence electrons. The second-order valence-electron chi connectivity index (χ2n) is 9.16. The maximum Gasteiger partial charge on any atom is 0.228 e. The fourth-order valence-electron chi connectivity index (χ4n) is 4.83. The summed E-state index contributed by atoms with van der Waals surface area (Å²) >= 11 is 0. The summed E-state index contributed by atoms with van der Waals surface area (Å²) in [5.74, 6) is 2.30. The highest BCUT2D eigenvalue weighted by Gasteiger charge is 2.42. The van der Waals surface area contributed by atoms with Crippen LogP contribution in [0.3, 0.4) is 0 Å². The molecule has 2 aliphatic rings. The number of rotatable bonds is 4. The summed E-state index contributed by atoms with van der Waals surface area (Å²) in [6.45, 7) is 14.9. The van der Waals surface area contributed by atoms with E-state index in [4.69, 9.17) is 9.97 Å². The van der Waals surface area contributed by atoms with E-state index in [1.165, 1.54) is 5.69 Å². The van der Waals surface area contributed by atoms with Gasteiger partial charge in [0.1, 0.15) is 23.0 Å². The predicted octanol–water partition coefficient (Wildman–Crippen LogP) is 3.42. The summed E-state index contributed by atoms with van der Waals surface area (Å²) in [4.78, 5) is 21.3. The van der Waals surface area contributed by atoms with Gasteiger partial charge >= 0.3 is 0 Å². The molecule has 8 nitrogen and oxygen atoms in total. The minimum absolute atomic E-state index is 0.183. The minimum atomic E-state index is -0.183. The maximum atomic E-state index is 4.88. The van der Waals surface area contributed by atoms with Crippen molar-refractivity contribution in [1.29, 1.82) is 0 Å². The van der Waals surface area contributed by atoms with E-state index >= 15 is 0 Å². The Morgan fingerprint density at radius 3 is 2.48 bits per heavy atom. The smallest absolute Gasteiger partial charge is 0.228 e. The van der Waals surface area contributed by atoms with Crippen LogP contribution < -0.4 is 15.5 Å². The Hall–Kier alpha value is -3.00. The van der Waals surface area contributed by atoms with Crippen molar-refractivity contribution in [3.63, 3.8) is 0 Å². The number of pyridine rings is 1. The van der Waals surface area contributed by atoms with Gasteiger partial charge in [-0.15, -0.1) is 0 Å². The zero-order valence-corrected chi connectivity index (χ0v) is 18.9. The van der Waals surface area contributed by atoms with Gasteiger partial charge in [0.2, 0.25) is 5.95 Å². The number of aromatic nitrogens is 5. The molecule has 31 heavy (non-hydrogen) atoms. The normalized spacial score (nSPS) is 17.0. The van der Waals surface area contributed by atoms with Crippen molar-refractivity contribution in [2.24, 2.45) is 0 Å². The van der Waals surface area contributed by atoms with E-state index in [1.54, 1.807) is 0 Å². The Labute approximate surface area is 183 Å². The third kappa shape index (κ3) is 3.26. The molecule has 0 spiro atoms. The Kier molecular flexibility index (Phi) is 4.69. The molecular formula is C23H30N8. The second-order valence-corrected chi connectivity index (χ2v) is 9.16. The highest BCUT2D eigenvalue weighted by molar-refractivity contribution is 5.74. The number of piperazine rings is 1. The Bertz CT molecular complexity index is 1110. The first kappa shape index (κ1) is 19.9. The summed E-state index contributed by atoms with van der Waals surface area (Å²) in [7, 11) is 0. The van der Waals surface area contributed by atoms with Crippen LogP contribution in [0, 0.1) is 6.92 Å². The van der Waals surface area contributed by atoms with Gasteiger partial charge in [0.15, 0.2) is 0 Å². The van der Waals surface area contributed by atoms with Crippen molar-refractivity contribution < 1.29 is 0 Å². The Morgan fingerprint density at radius 2 is 1.81 bits per heavy atom. The number of imidazole rings is 1. The van der Waals surface area contributed by atoms with E-state index in [-0.39, 0.29) is 5.41 Å². The van der Waals surface area contributed by atoms with Crippen LogP contribution in [-0.4, -0.2) is 50.7 Å². The lowest BCUT2D eigenvalue weighted by Gasteiger charge is -2.29. The molecule has 0 unspecified atom stereocenters. The number of fused-ring (bicyclic) bond motifs is 3. The molecule has 3 aromatic heterocycles. The average molecular weight is 419 g/mol. The lowest BCUT2D eigenvalue weighted by atomic mass is 9.86. The zero-order valence-electron chi connectivity index (χ0n) is 18.9. The van der Waals surface area contributed by atoms with Crippen LogP contribution in [0.4, 0.5) is 17.5 Å². The molecule has 0 amide bonds. The van der Waals surface area contributed by atoms with E-state index in [1.807, 2.05) is 18.5 Å². The monoisotopic (exact) mass is 418 g/mol. The molecule has 1 aliphatic heterocycles. The van der Waals surface area contributed by atoms with Crippen molar-refractivity contribution in [2.75, 3.05) is 36.4 Å². The highest BCUT2D eigenvalue weighted by Crippen LogP contribution is 2.48. The van der Waals surface area contributed by atoms with Crippen molar-refractivity contribution in [1.82, 2.24) is 29.8 Å². The van der Waals surface area contributed by atoms with Gasteiger partial charge in [-0.3, -0.25) is 0 Å². The molecule has 0 saturated carbocycles. The molecular weight excluding hydrogens is 388 g/mol. The van der Waals surface area contributed by atoms with Crippen LogP contribution in [-0.2, 0) is 5.41 Å². The third-order valence-corrected chi connectivity index (χ3v) is 6.35. The van der Waals surface area contributed by atoms with Crippen molar-refractivity contribution in [3.05, 3.63) is 41.6 Å². The summed E-state index contributed by atoms with van der Waals surface area (Å²) in [6.07, 6.45) is 3.84. The Balaban J connectivity index is 1.44. The molecule has 5 rings (SSSR count). The van der Waals surface area contributed by atoms with Crippen LogP contribution in [0.25, 0.3) is 11.4 Å². The molecule has 3 aromatic rings. The molecule has 0 atom stereocenters. The van der Waals surface area contributed by atoms with Gasteiger partial charge < -0.3 is 20.1 Å². The van der Waals surface area contributed by atoms with E-state index < -0.39 is 0 Å². The lowest BCUT2D eigenvalue weighted by Crippen LogP contribution is -2.43. The molecule has 4 heterocycles. The van der Waals surface area contributed by atoms with Gasteiger partial charge in [-0.05, 0) is 32.9 Å². The van der Waals surface area contributed by atoms with Gasteiger partial charge in [0.05, 0.1) is 17.6 Å². The molecule has 1 aliphatic carbocycles. The van der Waals surface area contributed by atoms with Gasteiger partial charge in [0, 0.05) is 49.4 Å². The summed E-state index contributed by atoms with van der Waals surface area (Å²) in [5, 5.41) is 6.64. The highest BCUT2D eigenvalue weighted by atomic mass is 15.2. The number of nitrogens with zero attached hydrogens (tertiary/aromatic N) is 6. The van der Waals surface area contributed by atoms with Crippen LogP contribution in [0.5, 0.6) is 0 Å². The van der Waals surface area contributed by atoms with Crippen LogP contribution in [0.2, 0.25) is 0 Å². The number of anilines is 3. The largest absolute Gasteiger partial charge is 0.368 e. The topological polar surface area (TPSA) is 83.8 Å². The molecule has 0 radical (unpaired) electrons. The van der Waals surface area contributed by atoms with E-state index in [9.17, 15) is 0 Å². The number of hydrogen-bond donors (Lipinski definition) is 2. The Morgan fingerprint density at radius 1 is 1.03 bits per heavy atom. The standard InChI is InChI=1S/C23H30N8/c1-14(2)31-15(3)27-20-19-17(23(4,5)21(20)31)13-26-22(29-19)28-18-7-6-16(12-25-18)30-10-8-24-9-11-30/h6-7,12-14,24H,8-11H2,1-5H3,(H,25,26,28,29). The van der Waals surface area contributed by atoms with Gasteiger partial charge in [-0.1, -0.05) is 13.8 Å². The maximum absolute atomic E-state index is 4.88. The molecule has 1 saturated heterocycles. The molecule has 1 fully saturated rings. The number of nitrogens with one attached hydrogen (secondary N) is 2. The fourth-order valence-corrected chi connectivity index (χ4v) is 4.83.